The minimum absolute atomic E-state index is 0.0258. The van der Waals surface area contributed by atoms with E-state index in [1.807, 2.05) is 11.1 Å². The monoisotopic (exact) mass is 436 g/mol. The predicted molar refractivity (Wildman–Crippen MR) is 112 cm³/mol. The number of esters is 1. The van der Waals surface area contributed by atoms with Gasteiger partial charge in [-0.1, -0.05) is 58.8 Å². The zero-order valence-electron chi connectivity index (χ0n) is 18.5. The summed E-state index contributed by atoms with van der Waals surface area (Å²) in [6.07, 6.45) is 13.8. The fourth-order valence-corrected chi connectivity index (χ4v) is 3.03. The number of unbranched alkanes of at least 4 members (excludes halogenated alkanes) is 7. The van der Waals surface area contributed by atoms with E-state index in [4.69, 9.17) is 4.74 Å². The third-order valence-electron chi connectivity index (χ3n) is 4.73. The molecule has 1 rings (SSSR count). The number of carbonyl (C=O) groups excluding carboxylic acids is 1. The van der Waals surface area contributed by atoms with E-state index in [-0.39, 0.29) is 12.6 Å². The predicted octanol–water partition coefficient (Wildman–Crippen LogP) is 2.19. The lowest BCUT2D eigenvalue weighted by atomic mass is 10.1. The lowest BCUT2D eigenvalue weighted by Gasteiger charge is -2.21. The van der Waals surface area contributed by atoms with E-state index in [1.165, 1.54) is 24.2 Å². The van der Waals surface area contributed by atoms with Crippen molar-refractivity contribution in [1.29, 1.82) is 0 Å². The SMILES string of the molecule is CCCCCCCCOS(=O)(=O)[O-].CCCCCOC(=O)CN1C=C[NH+](C)C1C. The summed E-state index contributed by atoms with van der Waals surface area (Å²) in [7, 11) is -2.39. The first-order chi connectivity index (χ1) is 13.7. The first-order valence-electron chi connectivity index (χ1n) is 10.7. The van der Waals surface area contributed by atoms with Crippen molar-refractivity contribution in [2.45, 2.75) is 84.7 Å². The van der Waals surface area contributed by atoms with Gasteiger partial charge in [0.05, 0.1) is 26.5 Å². The molecule has 2 atom stereocenters. The first-order valence-corrected chi connectivity index (χ1v) is 12.1. The van der Waals surface area contributed by atoms with E-state index in [9.17, 15) is 17.8 Å². The molecule has 1 aliphatic rings. The normalized spacial score (nSPS) is 18.4. The van der Waals surface area contributed by atoms with Crippen LogP contribution in [-0.2, 0) is 24.1 Å². The van der Waals surface area contributed by atoms with Crippen LogP contribution in [-0.4, -0.2) is 56.8 Å². The second-order valence-electron chi connectivity index (χ2n) is 7.33. The van der Waals surface area contributed by atoms with Crippen LogP contribution >= 0.6 is 0 Å². The molecule has 0 aromatic rings. The highest BCUT2D eigenvalue weighted by molar-refractivity contribution is 7.80. The second kappa shape index (κ2) is 16.6. The summed E-state index contributed by atoms with van der Waals surface area (Å²) in [5.74, 6) is -0.123. The molecule has 29 heavy (non-hydrogen) atoms. The summed E-state index contributed by atoms with van der Waals surface area (Å²) >= 11 is 0. The molecule has 9 heteroatoms. The van der Waals surface area contributed by atoms with Gasteiger partial charge in [0.1, 0.15) is 12.7 Å². The zero-order chi connectivity index (χ0) is 22.1. The van der Waals surface area contributed by atoms with Gasteiger partial charge in [0, 0.05) is 6.92 Å². The Morgan fingerprint density at radius 3 is 2.14 bits per heavy atom. The Labute approximate surface area is 177 Å². The fraction of sp³-hybridized carbons (Fsp3) is 0.850. The minimum atomic E-state index is -4.47. The molecule has 0 radical (unpaired) electrons. The van der Waals surface area contributed by atoms with E-state index in [0.717, 1.165) is 32.1 Å². The molecule has 0 aliphatic carbocycles. The third-order valence-corrected chi connectivity index (χ3v) is 5.19. The number of nitrogens with zero attached hydrogens (tertiary/aromatic N) is 1. The summed E-state index contributed by atoms with van der Waals surface area (Å²) in [4.78, 5) is 14.8. The Bertz CT molecular complexity index is 553. The Kier molecular flexibility index (Phi) is 16.0. The van der Waals surface area contributed by atoms with Crippen LogP contribution in [0.1, 0.15) is 78.6 Å². The highest BCUT2D eigenvalue weighted by atomic mass is 32.3. The number of rotatable bonds is 14. The van der Waals surface area contributed by atoms with E-state index in [1.54, 1.807) is 0 Å². The van der Waals surface area contributed by atoms with Gasteiger partial charge in [0.15, 0.2) is 6.17 Å². The largest absolute Gasteiger partial charge is 0.726 e. The number of ether oxygens (including phenoxy) is 1. The first kappa shape index (κ1) is 27.8. The molecule has 1 aliphatic heterocycles. The van der Waals surface area contributed by atoms with Gasteiger partial charge in [-0.05, 0) is 12.8 Å². The lowest BCUT2D eigenvalue weighted by Crippen LogP contribution is -3.08. The summed E-state index contributed by atoms with van der Waals surface area (Å²) < 4.78 is 39.2. The van der Waals surface area contributed by atoms with Crippen molar-refractivity contribution in [2.75, 3.05) is 26.8 Å². The van der Waals surface area contributed by atoms with Crippen molar-refractivity contribution in [3.8, 4) is 0 Å². The molecule has 0 bridgehead atoms. The van der Waals surface area contributed by atoms with Crippen LogP contribution < -0.4 is 4.90 Å². The smallest absolute Gasteiger partial charge is 0.325 e. The van der Waals surface area contributed by atoms with E-state index in [2.05, 4.69) is 38.2 Å². The molecule has 1 heterocycles. The van der Waals surface area contributed by atoms with Crippen LogP contribution in [0.2, 0.25) is 0 Å². The van der Waals surface area contributed by atoms with Gasteiger partial charge in [-0.3, -0.25) is 13.9 Å². The molecule has 0 aromatic heterocycles. The maximum atomic E-state index is 11.5. The maximum Gasteiger partial charge on any atom is 0.325 e. The van der Waals surface area contributed by atoms with Crippen molar-refractivity contribution in [1.82, 2.24) is 4.90 Å². The molecule has 0 fully saturated rings. The number of hydrogen-bond acceptors (Lipinski definition) is 7. The second-order valence-corrected chi connectivity index (χ2v) is 8.39. The highest BCUT2D eigenvalue weighted by Gasteiger charge is 2.25. The molecule has 172 valence electrons. The average molecular weight is 437 g/mol. The van der Waals surface area contributed by atoms with Crippen molar-refractivity contribution in [3.05, 3.63) is 12.4 Å². The van der Waals surface area contributed by atoms with Crippen molar-refractivity contribution >= 4 is 16.4 Å². The maximum absolute atomic E-state index is 11.5. The van der Waals surface area contributed by atoms with Crippen LogP contribution in [0.25, 0.3) is 0 Å². The lowest BCUT2D eigenvalue weighted by molar-refractivity contribution is -0.854. The van der Waals surface area contributed by atoms with Crippen LogP contribution in [0, 0.1) is 0 Å². The average Bonchev–Trinajstić information content (AvgIpc) is 2.96. The van der Waals surface area contributed by atoms with E-state index >= 15 is 0 Å². The molecular formula is C20H40N2O6S. The number of carbonyl (C=O) groups is 1. The Hall–Kier alpha value is -1.16. The van der Waals surface area contributed by atoms with Crippen molar-refractivity contribution < 1.29 is 31.6 Å². The molecule has 2 unspecified atom stereocenters. The molecule has 0 aromatic carbocycles. The summed E-state index contributed by atoms with van der Waals surface area (Å²) in [6, 6.07) is 0. The Morgan fingerprint density at radius 1 is 1.03 bits per heavy atom. The van der Waals surface area contributed by atoms with Gasteiger partial charge in [-0.25, -0.2) is 8.42 Å². The van der Waals surface area contributed by atoms with Crippen LogP contribution in [0.3, 0.4) is 0 Å². The Balaban J connectivity index is 0.000000555. The Morgan fingerprint density at radius 2 is 1.59 bits per heavy atom. The van der Waals surface area contributed by atoms with Gasteiger partial charge in [0.25, 0.3) is 0 Å². The molecule has 0 saturated heterocycles. The fourth-order valence-electron chi connectivity index (χ4n) is 2.71. The molecule has 0 saturated carbocycles. The van der Waals surface area contributed by atoms with Gasteiger partial charge in [0.2, 0.25) is 10.4 Å². The summed E-state index contributed by atoms with van der Waals surface area (Å²) in [6.45, 7) is 7.31. The van der Waals surface area contributed by atoms with Crippen LogP contribution in [0.15, 0.2) is 12.4 Å². The molecule has 0 amide bonds. The summed E-state index contributed by atoms with van der Waals surface area (Å²) in [5.41, 5.74) is 0. The third kappa shape index (κ3) is 16.3. The van der Waals surface area contributed by atoms with Gasteiger partial charge >= 0.3 is 5.97 Å². The van der Waals surface area contributed by atoms with E-state index in [0.29, 0.717) is 25.7 Å². The number of quaternary nitrogens is 1. The topological polar surface area (TPSA) is 100 Å². The van der Waals surface area contributed by atoms with Gasteiger partial charge < -0.3 is 14.2 Å². The van der Waals surface area contributed by atoms with Gasteiger partial charge in [-0.2, -0.15) is 0 Å². The van der Waals surface area contributed by atoms with Crippen molar-refractivity contribution in [2.24, 2.45) is 0 Å². The standard InChI is InChI=1S/C12H22N2O2.C8H18O4S/c1-4-5-6-9-16-12(15)10-14-8-7-13(3)11(14)2;1-2-3-4-5-6-7-8-12-13(9,10)11/h7-8,11H,4-6,9-10H2,1-3H3;2-8H2,1H3,(H,9,10,11). The minimum Gasteiger partial charge on any atom is -0.726 e. The summed E-state index contributed by atoms with van der Waals surface area (Å²) in [5, 5.41) is 0. The van der Waals surface area contributed by atoms with Crippen molar-refractivity contribution in [3.63, 3.8) is 0 Å². The molecule has 0 spiro atoms. The van der Waals surface area contributed by atoms with Crippen LogP contribution in [0.5, 0.6) is 0 Å². The highest BCUT2D eigenvalue weighted by Crippen LogP contribution is 2.05. The molecule has 8 nitrogen and oxygen atoms in total. The quantitative estimate of drug-likeness (QED) is 0.193. The number of nitrogens with one attached hydrogen (secondary N) is 1. The molecular weight excluding hydrogens is 396 g/mol. The van der Waals surface area contributed by atoms with Gasteiger partial charge in [-0.15, -0.1) is 0 Å². The number of hydrogen-bond donors (Lipinski definition) is 1. The van der Waals surface area contributed by atoms with E-state index < -0.39 is 10.4 Å². The zero-order valence-corrected chi connectivity index (χ0v) is 19.3. The molecule has 1 N–H and O–H groups in total. The van der Waals surface area contributed by atoms with Crippen LogP contribution in [0.4, 0.5) is 0 Å².